The minimum Gasteiger partial charge on any atom is -0.408 e. The molecule has 0 amide bonds. The second-order valence-corrected chi connectivity index (χ2v) is 6.56. The van der Waals surface area contributed by atoms with Crippen molar-refractivity contribution in [2.75, 3.05) is 0 Å². The van der Waals surface area contributed by atoms with Crippen molar-refractivity contribution in [3.63, 3.8) is 0 Å². The van der Waals surface area contributed by atoms with Crippen LogP contribution >= 0.6 is 0 Å². The van der Waals surface area contributed by atoms with Crippen molar-refractivity contribution >= 4 is 7.12 Å². The van der Waals surface area contributed by atoms with Gasteiger partial charge in [0.15, 0.2) is 0 Å². The first kappa shape index (κ1) is 16.5. The molecule has 1 unspecified atom stereocenters. The third kappa shape index (κ3) is 6.98. The van der Waals surface area contributed by atoms with Gasteiger partial charge in [0.25, 0.3) is 0 Å². The second kappa shape index (κ2) is 7.30. The third-order valence-corrected chi connectivity index (χ3v) is 3.36. The summed E-state index contributed by atoms with van der Waals surface area (Å²) in [5, 5.41) is 0. The van der Waals surface area contributed by atoms with Gasteiger partial charge in [0.1, 0.15) is 0 Å². The van der Waals surface area contributed by atoms with E-state index in [9.17, 15) is 0 Å². The predicted molar refractivity (Wildman–Crippen MR) is 83.3 cm³/mol. The summed E-state index contributed by atoms with van der Waals surface area (Å²) in [7, 11) is -0.0860. The molecule has 108 valence electrons. The van der Waals surface area contributed by atoms with Gasteiger partial charge in [0.05, 0.1) is 5.60 Å². The highest BCUT2D eigenvalue weighted by Gasteiger charge is 2.35. The van der Waals surface area contributed by atoms with Crippen LogP contribution in [0.15, 0.2) is 23.3 Å². The van der Waals surface area contributed by atoms with Gasteiger partial charge < -0.3 is 9.31 Å². The summed E-state index contributed by atoms with van der Waals surface area (Å²) < 4.78 is 11.8. The highest BCUT2D eigenvalue weighted by Crippen LogP contribution is 2.27. The molecule has 0 aromatic carbocycles. The van der Waals surface area contributed by atoms with Gasteiger partial charge in [-0.05, 0) is 60.8 Å². The normalized spacial score (nSPS) is 23.4. The molecule has 1 fully saturated rings. The standard InChI is InChI=1S/C16H29BO2/c1-13(2)8-7-9-14(3)10-11-17-18-15(4)12-16(5,6)19-17/h8,10,15H,7,9,11-12H2,1-6H3/b14-10+. The lowest BCUT2D eigenvalue weighted by Gasteiger charge is -2.38. The van der Waals surface area contributed by atoms with Crippen LogP contribution in [0.4, 0.5) is 0 Å². The minimum atomic E-state index is -0.0860. The molecule has 0 aliphatic carbocycles. The van der Waals surface area contributed by atoms with E-state index >= 15 is 0 Å². The smallest absolute Gasteiger partial charge is 0.408 e. The van der Waals surface area contributed by atoms with E-state index in [2.05, 4.69) is 53.7 Å². The fourth-order valence-electron chi connectivity index (χ4n) is 2.52. The van der Waals surface area contributed by atoms with Gasteiger partial charge in [-0.1, -0.05) is 23.3 Å². The highest BCUT2D eigenvalue weighted by molar-refractivity contribution is 6.45. The van der Waals surface area contributed by atoms with Crippen LogP contribution in [0.2, 0.25) is 6.32 Å². The van der Waals surface area contributed by atoms with E-state index in [1.807, 2.05) is 0 Å². The Morgan fingerprint density at radius 1 is 1.26 bits per heavy atom. The van der Waals surface area contributed by atoms with Gasteiger partial charge >= 0.3 is 7.12 Å². The number of rotatable bonds is 5. The van der Waals surface area contributed by atoms with Crippen molar-refractivity contribution < 1.29 is 9.31 Å². The summed E-state index contributed by atoms with van der Waals surface area (Å²) in [6, 6.07) is 0. The molecule has 1 aliphatic heterocycles. The number of hydrogen-bond donors (Lipinski definition) is 0. The molecule has 1 saturated heterocycles. The van der Waals surface area contributed by atoms with Gasteiger partial charge in [-0.3, -0.25) is 0 Å². The van der Waals surface area contributed by atoms with Crippen molar-refractivity contribution in [2.24, 2.45) is 0 Å². The van der Waals surface area contributed by atoms with E-state index in [-0.39, 0.29) is 18.8 Å². The van der Waals surface area contributed by atoms with Gasteiger partial charge in [0, 0.05) is 12.4 Å². The van der Waals surface area contributed by atoms with Crippen LogP contribution in [0.1, 0.15) is 60.8 Å². The molecule has 0 spiro atoms. The van der Waals surface area contributed by atoms with Gasteiger partial charge in [-0.15, -0.1) is 0 Å². The second-order valence-electron chi connectivity index (χ2n) is 6.56. The molecule has 1 atom stereocenters. The molecule has 19 heavy (non-hydrogen) atoms. The first-order valence-corrected chi connectivity index (χ1v) is 7.41. The molecular weight excluding hydrogens is 235 g/mol. The Morgan fingerprint density at radius 2 is 1.95 bits per heavy atom. The SMILES string of the molecule is CC(C)=CCC/C(C)=C/CB1OC(C)CC(C)(C)O1. The maximum atomic E-state index is 5.96. The van der Waals surface area contributed by atoms with Gasteiger partial charge in [-0.2, -0.15) is 0 Å². The van der Waals surface area contributed by atoms with Crippen LogP contribution in [0, 0.1) is 0 Å². The fraction of sp³-hybridized carbons (Fsp3) is 0.750. The van der Waals surface area contributed by atoms with E-state index in [0.29, 0.717) is 0 Å². The van der Waals surface area contributed by atoms with E-state index in [1.165, 1.54) is 11.1 Å². The Hall–Kier alpha value is -0.535. The van der Waals surface area contributed by atoms with Crippen molar-refractivity contribution in [3.05, 3.63) is 23.3 Å². The average molecular weight is 264 g/mol. The van der Waals surface area contributed by atoms with Crippen LogP contribution in [-0.2, 0) is 9.31 Å². The summed E-state index contributed by atoms with van der Waals surface area (Å²) in [6.07, 6.45) is 8.90. The minimum absolute atomic E-state index is 0.0634. The molecule has 1 aliphatic rings. The van der Waals surface area contributed by atoms with E-state index < -0.39 is 0 Å². The van der Waals surface area contributed by atoms with Crippen LogP contribution in [0.5, 0.6) is 0 Å². The summed E-state index contributed by atoms with van der Waals surface area (Å²) in [5.41, 5.74) is 2.75. The van der Waals surface area contributed by atoms with Crippen LogP contribution in [0.25, 0.3) is 0 Å². The van der Waals surface area contributed by atoms with Crippen molar-refractivity contribution in [1.29, 1.82) is 0 Å². The molecular formula is C16H29BO2. The third-order valence-electron chi connectivity index (χ3n) is 3.36. The lowest BCUT2D eigenvalue weighted by atomic mass is 9.78. The van der Waals surface area contributed by atoms with Crippen LogP contribution in [0.3, 0.4) is 0 Å². The Labute approximate surface area is 119 Å². The summed E-state index contributed by atoms with van der Waals surface area (Å²) in [4.78, 5) is 0. The van der Waals surface area contributed by atoms with E-state index in [1.54, 1.807) is 0 Å². The Morgan fingerprint density at radius 3 is 2.53 bits per heavy atom. The Kier molecular flexibility index (Phi) is 6.35. The van der Waals surface area contributed by atoms with Crippen LogP contribution < -0.4 is 0 Å². The molecule has 0 aromatic rings. The van der Waals surface area contributed by atoms with Crippen molar-refractivity contribution in [3.8, 4) is 0 Å². The molecule has 0 N–H and O–H groups in total. The molecule has 0 radical (unpaired) electrons. The van der Waals surface area contributed by atoms with E-state index in [0.717, 1.165) is 25.6 Å². The van der Waals surface area contributed by atoms with Crippen molar-refractivity contribution in [2.45, 2.75) is 78.8 Å². The topological polar surface area (TPSA) is 18.5 Å². The van der Waals surface area contributed by atoms with Gasteiger partial charge in [0.2, 0.25) is 0 Å². The van der Waals surface area contributed by atoms with E-state index in [4.69, 9.17) is 9.31 Å². The maximum Gasteiger partial charge on any atom is 0.461 e. The summed E-state index contributed by atoms with van der Waals surface area (Å²) in [5.74, 6) is 0. The summed E-state index contributed by atoms with van der Waals surface area (Å²) in [6.45, 7) is 12.9. The molecule has 1 rings (SSSR count). The lowest BCUT2D eigenvalue weighted by molar-refractivity contribution is -0.0276. The number of hydrogen-bond acceptors (Lipinski definition) is 2. The van der Waals surface area contributed by atoms with Crippen molar-refractivity contribution in [1.82, 2.24) is 0 Å². The molecule has 0 bridgehead atoms. The monoisotopic (exact) mass is 264 g/mol. The zero-order chi connectivity index (χ0) is 14.5. The average Bonchev–Trinajstić information content (AvgIpc) is 2.23. The molecule has 0 saturated carbocycles. The highest BCUT2D eigenvalue weighted by atomic mass is 16.6. The Balaban J connectivity index is 2.40. The quantitative estimate of drug-likeness (QED) is 0.526. The molecule has 0 aromatic heterocycles. The zero-order valence-electron chi connectivity index (χ0n) is 13.5. The lowest BCUT2D eigenvalue weighted by Crippen LogP contribution is -2.45. The van der Waals surface area contributed by atoms with Crippen LogP contribution in [-0.4, -0.2) is 18.8 Å². The molecule has 3 heteroatoms. The number of allylic oxidation sites excluding steroid dienone is 4. The fourth-order valence-corrected chi connectivity index (χ4v) is 2.52. The first-order valence-electron chi connectivity index (χ1n) is 7.41. The first-order chi connectivity index (χ1) is 8.78. The summed E-state index contributed by atoms with van der Waals surface area (Å²) >= 11 is 0. The zero-order valence-corrected chi connectivity index (χ0v) is 13.5. The largest absolute Gasteiger partial charge is 0.461 e. The molecule has 2 nitrogen and oxygen atoms in total. The molecule has 1 heterocycles. The van der Waals surface area contributed by atoms with Gasteiger partial charge in [-0.25, -0.2) is 0 Å². The predicted octanol–water partition coefficient (Wildman–Crippen LogP) is 4.77. The Bertz CT molecular complexity index is 341. The maximum absolute atomic E-state index is 5.96.